The number of hydrogen-bond acceptors (Lipinski definition) is 5. The van der Waals surface area contributed by atoms with Gasteiger partial charge >= 0.3 is 0 Å². The zero-order chi connectivity index (χ0) is 19.1. The van der Waals surface area contributed by atoms with Crippen molar-refractivity contribution in [1.82, 2.24) is 9.55 Å². The molecule has 1 aromatic heterocycles. The summed E-state index contributed by atoms with van der Waals surface area (Å²) in [5.74, 6) is 1.42. The predicted octanol–water partition coefficient (Wildman–Crippen LogP) is 4.46. The molecule has 0 fully saturated rings. The normalized spacial score (nSPS) is 11.2. The van der Waals surface area contributed by atoms with Crippen LogP contribution in [0.25, 0.3) is 10.9 Å². The van der Waals surface area contributed by atoms with Crippen LogP contribution >= 0.6 is 23.5 Å². The van der Waals surface area contributed by atoms with Crippen LogP contribution in [-0.4, -0.2) is 34.8 Å². The first-order valence-corrected chi connectivity index (χ1v) is 10.7. The zero-order valence-electron chi connectivity index (χ0n) is 15.1. The Morgan fingerprint density at radius 1 is 1.07 bits per heavy atom. The second-order valence-corrected chi connectivity index (χ2v) is 8.10. The molecule has 0 saturated heterocycles. The van der Waals surface area contributed by atoms with Gasteiger partial charge in [0.15, 0.2) is 5.16 Å². The van der Waals surface area contributed by atoms with Gasteiger partial charge in [-0.05, 0) is 42.8 Å². The molecule has 3 rings (SSSR count). The van der Waals surface area contributed by atoms with Gasteiger partial charge in [0.05, 0.1) is 10.9 Å². The SMILES string of the molecule is COCCCn1c(SCCSc2ccc(F)cc2)nc2ccccc2c1=O. The van der Waals surface area contributed by atoms with Gasteiger partial charge in [0.25, 0.3) is 5.56 Å². The third kappa shape index (κ3) is 5.34. The minimum atomic E-state index is -0.228. The lowest BCUT2D eigenvalue weighted by Gasteiger charge is -2.13. The van der Waals surface area contributed by atoms with Crippen LogP contribution in [0.2, 0.25) is 0 Å². The minimum Gasteiger partial charge on any atom is -0.385 e. The number of rotatable bonds is 9. The van der Waals surface area contributed by atoms with Crippen molar-refractivity contribution in [3.05, 3.63) is 64.7 Å². The van der Waals surface area contributed by atoms with Gasteiger partial charge in [-0.3, -0.25) is 9.36 Å². The summed E-state index contributed by atoms with van der Waals surface area (Å²) in [6, 6.07) is 13.9. The number of aromatic nitrogens is 2. The third-order valence-corrected chi connectivity index (χ3v) is 6.20. The molecular formula is C20H21FN2O2S2. The van der Waals surface area contributed by atoms with Gasteiger partial charge in [-0.2, -0.15) is 0 Å². The maximum absolute atomic E-state index is 13.0. The van der Waals surface area contributed by atoms with E-state index in [9.17, 15) is 9.18 Å². The van der Waals surface area contributed by atoms with Gasteiger partial charge in [0.2, 0.25) is 0 Å². The van der Waals surface area contributed by atoms with E-state index in [4.69, 9.17) is 9.72 Å². The second-order valence-electron chi connectivity index (χ2n) is 5.87. The van der Waals surface area contributed by atoms with E-state index < -0.39 is 0 Å². The van der Waals surface area contributed by atoms with E-state index in [2.05, 4.69) is 0 Å². The number of methoxy groups -OCH3 is 1. The first-order valence-electron chi connectivity index (χ1n) is 8.69. The number of nitrogens with zero attached hydrogens (tertiary/aromatic N) is 2. The highest BCUT2D eigenvalue weighted by atomic mass is 32.2. The molecule has 3 aromatic rings. The first kappa shape index (κ1) is 19.9. The molecule has 0 radical (unpaired) electrons. The minimum absolute atomic E-state index is 0.00890. The number of halogens is 1. The summed E-state index contributed by atoms with van der Waals surface area (Å²) in [6.07, 6.45) is 0.758. The summed E-state index contributed by atoms with van der Waals surface area (Å²) in [6.45, 7) is 1.18. The van der Waals surface area contributed by atoms with Crippen LogP contribution in [0, 0.1) is 5.82 Å². The predicted molar refractivity (Wildman–Crippen MR) is 110 cm³/mol. The van der Waals surface area contributed by atoms with Crippen molar-refractivity contribution in [3.63, 3.8) is 0 Å². The molecule has 1 heterocycles. The number of fused-ring (bicyclic) bond motifs is 1. The number of thioether (sulfide) groups is 2. The number of ether oxygens (including phenoxy) is 1. The average Bonchev–Trinajstić information content (AvgIpc) is 2.69. The van der Waals surface area contributed by atoms with Crippen molar-refractivity contribution in [2.24, 2.45) is 0 Å². The lowest BCUT2D eigenvalue weighted by atomic mass is 10.2. The fourth-order valence-corrected chi connectivity index (χ4v) is 4.55. The van der Waals surface area contributed by atoms with Crippen LogP contribution in [0.15, 0.2) is 63.4 Å². The Kier molecular flexibility index (Phi) is 7.32. The summed E-state index contributed by atoms with van der Waals surface area (Å²) in [7, 11) is 1.66. The molecule has 0 atom stereocenters. The van der Waals surface area contributed by atoms with Crippen LogP contribution in [0.3, 0.4) is 0 Å². The van der Waals surface area contributed by atoms with E-state index >= 15 is 0 Å². The van der Waals surface area contributed by atoms with Gasteiger partial charge < -0.3 is 4.74 Å². The topological polar surface area (TPSA) is 44.1 Å². The van der Waals surface area contributed by atoms with E-state index in [0.29, 0.717) is 18.5 Å². The maximum atomic E-state index is 13.0. The number of hydrogen-bond donors (Lipinski definition) is 0. The molecule has 0 bridgehead atoms. The number of para-hydroxylation sites is 1. The zero-order valence-corrected chi connectivity index (χ0v) is 16.7. The molecule has 0 aliphatic heterocycles. The Morgan fingerprint density at radius 3 is 2.59 bits per heavy atom. The fraction of sp³-hybridized carbons (Fsp3) is 0.300. The Hall–Kier alpha value is -1.83. The summed E-state index contributed by atoms with van der Waals surface area (Å²) in [5.41, 5.74) is 0.713. The molecule has 0 spiro atoms. The Labute approximate surface area is 166 Å². The molecular weight excluding hydrogens is 383 g/mol. The molecule has 4 nitrogen and oxygen atoms in total. The van der Waals surface area contributed by atoms with E-state index in [0.717, 1.165) is 33.5 Å². The summed E-state index contributed by atoms with van der Waals surface area (Å²) in [4.78, 5) is 18.6. The smallest absolute Gasteiger partial charge is 0.262 e. The van der Waals surface area contributed by atoms with Crippen molar-refractivity contribution in [2.75, 3.05) is 25.2 Å². The van der Waals surface area contributed by atoms with Crippen molar-refractivity contribution >= 4 is 34.4 Å². The van der Waals surface area contributed by atoms with Crippen LogP contribution in [0.4, 0.5) is 4.39 Å². The van der Waals surface area contributed by atoms with Crippen molar-refractivity contribution < 1.29 is 9.13 Å². The lowest BCUT2D eigenvalue weighted by molar-refractivity contribution is 0.189. The van der Waals surface area contributed by atoms with Gasteiger partial charge in [-0.15, -0.1) is 11.8 Å². The number of benzene rings is 2. The van der Waals surface area contributed by atoms with Crippen LogP contribution < -0.4 is 5.56 Å². The largest absolute Gasteiger partial charge is 0.385 e. The molecule has 0 aliphatic carbocycles. The maximum Gasteiger partial charge on any atom is 0.262 e. The van der Waals surface area contributed by atoms with Gasteiger partial charge in [-0.25, -0.2) is 9.37 Å². The van der Waals surface area contributed by atoms with Crippen molar-refractivity contribution in [3.8, 4) is 0 Å². The Morgan fingerprint density at radius 2 is 1.81 bits per heavy atom. The highest BCUT2D eigenvalue weighted by Gasteiger charge is 2.11. The van der Waals surface area contributed by atoms with Crippen molar-refractivity contribution in [2.45, 2.75) is 23.0 Å². The quantitative estimate of drug-likeness (QED) is 0.299. The molecule has 0 saturated carbocycles. The Bertz CT molecular complexity index is 945. The molecule has 0 unspecified atom stereocenters. The second kappa shape index (κ2) is 9.92. The molecule has 142 valence electrons. The van der Waals surface area contributed by atoms with E-state index in [1.807, 2.05) is 24.3 Å². The standard InChI is InChI=1S/C20H21FN2O2S2/c1-25-12-4-11-23-19(24)17-5-2-3-6-18(17)22-20(23)27-14-13-26-16-9-7-15(21)8-10-16/h2-3,5-10H,4,11-14H2,1H3. The van der Waals surface area contributed by atoms with E-state index in [1.54, 1.807) is 47.3 Å². The van der Waals surface area contributed by atoms with Crippen LogP contribution in [-0.2, 0) is 11.3 Å². The molecule has 0 amide bonds. The summed E-state index contributed by atoms with van der Waals surface area (Å²) in [5, 5.41) is 1.37. The average molecular weight is 405 g/mol. The summed E-state index contributed by atoms with van der Waals surface area (Å²) < 4.78 is 19.8. The molecule has 27 heavy (non-hydrogen) atoms. The monoisotopic (exact) mass is 404 g/mol. The molecule has 0 aliphatic rings. The molecule has 0 N–H and O–H groups in total. The van der Waals surface area contributed by atoms with Gasteiger partial charge in [-0.1, -0.05) is 23.9 Å². The first-order chi connectivity index (χ1) is 13.2. The molecule has 2 aromatic carbocycles. The molecule has 7 heteroatoms. The summed E-state index contributed by atoms with van der Waals surface area (Å²) >= 11 is 3.23. The lowest BCUT2D eigenvalue weighted by Crippen LogP contribution is -2.24. The van der Waals surface area contributed by atoms with E-state index in [-0.39, 0.29) is 11.4 Å². The fourth-order valence-electron chi connectivity index (χ4n) is 2.65. The highest BCUT2D eigenvalue weighted by Crippen LogP contribution is 2.23. The van der Waals surface area contributed by atoms with Crippen molar-refractivity contribution in [1.29, 1.82) is 0 Å². The third-order valence-electron chi connectivity index (χ3n) is 3.95. The van der Waals surface area contributed by atoms with Crippen LogP contribution in [0.5, 0.6) is 0 Å². The highest BCUT2D eigenvalue weighted by molar-refractivity contribution is 8.02. The van der Waals surface area contributed by atoms with E-state index in [1.165, 1.54) is 12.1 Å². The van der Waals surface area contributed by atoms with Gasteiger partial charge in [0.1, 0.15) is 5.82 Å². The van der Waals surface area contributed by atoms with Gasteiger partial charge in [0, 0.05) is 36.7 Å². The van der Waals surface area contributed by atoms with Crippen LogP contribution in [0.1, 0.15) is 6.42 Å². The Balaban J connectivity index is 1.72.